The highest BCUT2D eigenvalue weighted by molar-refractivity contribution is 5.30. The first-order valence-corrected chi connectivity index (χ1v) is 6.07. The fourth-order valence-corrected chi connectivity index (χ4v) is 1.89. The number of nitrogens with zero attached hydrogens (tertiary/aromatic N) is 2. The predicted molar refractivity (Wildman–Crippen MR) is 69.3 cm³/mol. The van der Waals surface area contributed by atoms with Crippen LogP contribution in [0.2, 0.25) is 0 Å². The highest BCUT2D eigenvalue weighted by Crippen LogP contribution is 2.22. The van der Waals surface area contributed by atoms with Crippen LogP contribution in [0.3, 0.4) is 0 Å². The third-order valence-electron chi connectivity index (χ3n) is 2.91. The maximum Gasteiger partial charge on any atom is 0.132 e. The van der Waals surface area contributed by atoms with E-state index in [4.69, 9.17) is 4.74 Å². The zero-order valence-electron chi connectivity index (χ0n) is 11.2. The van der Waals surface area contributed by atoms with Gasteiger partial charge in [-0.2, -0.15) is 5.10 Å². The lowest BCUT2D eigenvalue weighted by Gasteiger charge is -2.10. The van der Waals surface area contributed by atoms with Gasteiger partial charge in [-0.05, 0) is 32.0 Å². The van der Waals surface area contributed by atoms with Crippen molar-refractivity contribution < 1.29 is 14.2 Å². The van der Waals surface area contributed by atoms with Crippen molar-refractivity contribution in [3.05, 3.63) is 47.0 Å². The van der Waals surface area contributed by atoms with Crippen molar-refractivity contribution in [3.63, 3.8) is 0 Å². The molecule has 0 saturated carbocycles. The van der Waals surface area contributed by atoms with Gasteiger partial charge in [-0.25, -0.2) is 4.39 Å². The van der Waals surface area contributed by atoms with Crippen LogP contribution in [0.4, 0.5) is 4.39 Å². The topological polar surface area (TPSA) is 47.3 Å². The van der Waals surface area contributed by atoms with E-state index in [1.54, 1.807) is 10.7 Å². The predicted octanol–water partition coefficient (Wildman–Crippen LogP) is 2.50. The second-order valence-corrected chi connectivity index (χ2v) is 4.55. The molecule has 0 amide bonds. The van der Waals surface area contributed by atoms with E-state index < -0.39 is 11.9 Å². The molecule has 1 aromatic heterocycles. The molecule has 0 aliphatic rings. The molecule has 2 rings (SSSR count). The van der Waals surface area contributed by atoms with E-state index in [1.165, 1.54) is 19.1 Å². The van der Waals surface area contributed by atoms with Crippen LogP contribution in [0, 0.1) is 12.7 Å². The largest absolute Gasteiger partial charge is 0.487 e. The van der Waals surface area contributed by atoms with Crippen molar-refractivity contribution in [2.24, 2.45) is 7.05 Å². The van der Waals surface area contributed by atoms with Gasteiger partial charge < -0.3 is 9.84 Å². The number of benzene rings is 1. The van der Waals surface area contributed by atoms with Crippen LogP contribution in [-0.4, -0.2) is 14.9 Å². The van der Waals surface area contributed by atoms with Crippen LogP contribution in [0.25, 0.3) is 0 Å². The summed E-state index contributed by atoms with van der Waals surface area (Å²) >= 11 is 0. The van der Waals surface area contributed by atoms with E-state index in [9.17, 15) is 9.50 Å². The van der Waals surface area contributed by atoms with Gasteiger partial charge in [-0.1, -0.05) is 0 Å². The van der Waals surface area contributed by atoms with Crippen LogP contribution in [-0.2, 0) is 13.7 Å². The maximum atomic E-state index is 13.7. The number of aliphatic hydroxyl groups is 1. The van der Waals surface area contributed by atoms with E-state index in [2.05, 4.69) is 5.10 Å². The number of rotatable bonds is 4. The van der Waals surface area contributed by atoms with Gasteiger partial charge in [0, 0.05) is 18.7 Å². The lowest BCUT2D eigenvalue weighted by Crippen LogP contribution is -2.03. The number of hydrogen-bond acceptors (Lipinski definition) is 3. The molecule has 0 radical (unpaired) electrons. The molecule has 0 spiro atoms. The Kier molecular flexibility index (Phi) is 3.85. The van der Waals surface area contributed by atoms with Gasteiger partial charge >= 0.3 is 0 Å². The summed E-state index contributed by atoms with van der Waals surface area (Å²) in [5.74, 6) is -0.0329. The molecule has 1 aromatic carbocycles. The van der Waals surface area contributed by atoms with Crippen LogP contribution >= 0.6 is 0 Å². The minimum absolute atomic E-state index is 0.267. The zero-order chi connectivity index (χ0) is 14.0. The summed E-state index contributed by atoms with van der Waals surface area (Å²) < 4.78 is 20.9. The quantitative estimate of drug-likeness (QED) is 0.923. The summed E-state index contributed by atoms with van der Waals surface area (Å²) in [5.41, 5.74) is 2.10. The third kappa shape index (κ3) is 3.12. The highest BCUT2D eigenvalue weighted by Gasteiger charge is 2.09. The van der Waals surface area contributed by atoms with Gasteiger partial charge in [-0.15, -0.1) is 0 Å². The molecule has 1 N–H and O–H groups in total. The molecule has 2 aromatic rings. The Labute approximate surface area is 111 Å². The molecule has 1 atom stereocenters. The molecule has 0 aliphatic heterocycles. The van der Waals surface area contributed by atoms with Gasteiger partial charge in [0.05, 0.1) is 17.5 Å². The Morgan fingerprint density at radius 2 is 2.16 bits per heavy atom. The third-order valence-corrected chi connectivity index (χ3v) is 2.91. The van der Waals surface area contributed by atoms with Crippen molar-refractivity contribution in [3.8, 4) is 5.75 Å². The van der Waals surface area contributed by atoms with Crippen molar-refractivity contribution in [2.45, 2.75) is 26.6 Å². The van der Waals surface area contributed by atoms with Crippen LogP contribution in [0.1, 0.15) is 30.0 Å². The normalized spacial score (nSPS) is 12.5. The first-order valence-electron chi connectivity index (χ1n) is 6.07. The average molecular weight is 264 g/mol. The fraction of sp³-hybridized carbons (Fsp3) is 0.357. The first kappa shape index (κ1) is 13.5. The Morgan fingerprint density at radius 1 is 1.42 bits per heavy atom. The maximum absolute atomic E-state index is 13.7. The molecule has 0 fully saturated rings. The molecular weight excluding hydrogens is 247 g/mol. The van der Waals surface area contributed by atoms with E-state index in [0.29, 0.717) is 12.4 Å². The van der Waals surface area contributed by atoms with Gasteiger partial charge in [-0.3, -0.25) is 4.68 Å². The fourth-order valence-electron chi connectivity index (χ4n) is 1.89. The monoisotopic (exact) mass is 264 g/mol. The smallest absolute Gasteiger partial charge is 0.132 e. The van der Waals surface area contributed by atoms with Crippen LogP contribution in [0.15, 0.2) is 24.3 Å². The summed E-state index contributed by atoms with van der Waals surface area (Å²) in [6, 6.07) is 6.38. The molecule has 0 unspecified atom stereocenters. The molecule has 0 saturated heterocycles. The number of ether oxygens (including phenoxy) is 1. The molecule has 4 nitrogen and oxygen atoms in total. The lowest BCUT2D eigenvalue weighted by molar-refractivity contribution is 0.193. The van der Waals surface area contributed by atoms with E-state index >= 15 is 0 Å². The van der Waals surface area contributed by atoms with E-state index in [-0.39, 0.29) is 5.56 Å². The van der Waals surface area contributed by atoms with E-state index in [0.717, 1.165) is 11.4 Å². The number of aromatic nitrogens is 2. The highest BCUT2D eigenvalue weighted by atomic mass is 19.1. The summed E-state index contributed by atoms with van der Waals surface area (Å²) in [7, 11) is 1.84. The standard InChI is InChI=1S/C14H17FN2O2/c1-9-6-11(17(3)16-9)8-19-12-4-5-13(10(2)18)14(15)7-12/h4-7,10,18H,8H2,1-3H3/t10-/m1/s1. The number of aryl methyl sites for hydroxylation is 2. The van der Waals surface area contributed by atoms with Crippen LogP contribution < -0.4 is 4.74 Å². The minimum Gasteiger partial charge on any atom is -0.487 e. The molecule has 102 valence electrons. The summed E-state index contributed by atoms with van der Waals surface area (Å²) in [5, 5.41) is 13.6. The molecule has 1 heterocycles. The Bertz CT molecular complexity index is 579. The Hall–Kier alpha value is -1.88. The summed E-state index contributed by atoms with van der Waals surface area (Å²) in [6.45, 7) is 3.75. The first-order chi connectivity index (χ1) is 8.97. The lowest BCUT2D eigenvalue weighted by atomic mass is 10.1. The number of aliphatic hydroxyl groups excluding tert-OH is 1. The van der Waals surface area contributed by atoms with Crippen molar-refractivity contribution in [1.82, 2.24) is 9.78 Å². The molecular formula is C14H17FN2O2. The minimum atomic E-state index is -0.825. The second-order valence-electron chi connectivity index (χ2n) is 4.55. The summed E-state index contributed by atoms with van der Waals surface area (Å²) in [6.07, 6.45) is -0.825. The molecule has 5 heteroatoms. The average Bonchev–Trinajstić information content (AvgIpc) is 2.65. The van der Waals surface area contributed by atoms with Crippen molar-refractivity contribution >= 4 is 0 Å². The van der Waals surface area contributed by atoms with E-state index in [1.807, 2.05) is 20.0 Å². The number of halogens is 1. The van der Waals surface area contributed by atoms with Crippen molar-refractivity contribution in [1.29, 1.82) is 0 Å². The summed E-state index contributed by atoms with van der Waals surface area (Å²) in [4.78, 5) is 0. The molecule has 0 aliphatic carbocycles. The number of hydrogen-bond donors (Lipinski definition) is 1. The SMILES string of the molecule is Cc1cc(COc2ccc([C@@H](C)O)c(F)c2)n(C)n1. The Morgan fingerprint density at radius 3 is 2.68 bits per heavy atom. The zero-order valence-corrected chi connectivity index (χ0v) is 11.2. The second kappa shape index (κ2) is 5.40. The molecule has 19 heavy (non-hydrogen) atoms. The molecule has 0 bridgehead atoms. The van der Waals surface area contributed by atoms with Gasteiger partial charge in [0.25, 0.3) is 0 Å². The van der Waals surface area contributed by atoms with Gasteiger partial charge in [0.2, 0.25) is 0 Å². The van der Waals surface area contributed by atoms with Gasteiger partial charge in [0.15, 0.2) is 0 Å². The Balaban J connectivity index is 2.08. The van der Waals surface area contributed by atoms with Crippen molar-refractivity contribution in [2.75, 3.05) is 0 Å². The van der Waals surface area contributed by atoms with Gasteiger partial charge in [0.1, 0.15) is 18.2 Å². The van der Waals surface area contributed by atoms with Crippen LogP contribution in [0.5, 0.6) is 5.75 Å².